The summed E-state index contributed by atoms with van der Waals surface area (Å²) in [6.07, 6.45) is 0. The lowest BCUT2D eigenvalue weighted by Crippen LogP contribution is -2.31. The first-order valence-corrected chi connectivity index (χ1v) is 8.02. The van der Waals surface area contributed by atoms with E-state index >= 15 is 0 Å². The Hall–Kier alpha value is -0.860. The van der Waals surface area contributed by atoms with Crippen molar-refractivity contribution in [3.8, 4) is 0 Å². The molecular formula is C18H32N2. The number of benzene rings is 1. The lowest BCUT2D eigenvalue weighted by atomic mass is 10.0. The van der Waals surface area contributed by atoms with Gasteiger partial charge in [0.05, 0.1) is 0 Å². The van der Waals surface area contributed by atoms with Crippen LogP contribution in [0.4, 0.5) is 0 Å². The molecule has 0 aliphatic heterocycles. The van der Waals surface area contributed by atoms with Crippen LogP contribution in [-0.2, 0) is 13.1 Å². The van der Waals surface area contributed by atoms with E-state index in [1.807, 2.05) is 0 Å². The molecule has 0 aliphatic carbocycles. The van der Waals surface area contributed by atoms with E-state index in [0.29, 0.717) is 0 Å². The van der Waals surface area contributed by atoms with Gasteiger partial charge in [-0.25, -0.2) is 0 Å². The normalized spacial score (nSPS) is 11.8. The van der Waals surface area contributed by atoms with Gasteiger partial charge in [-0.2, -0.15) is 0 Å². The molecule has 2 heteroatoms. The Labute approximate surface area is 125 Å². The van der Waals surface area contributed by atoms with Crippen LogP contribution in [0.2, 0.25) is 0 Å². The van der Waals surface area contributed by atoms with E-state index in [2.05, 4.69) is 69.1 Å². The molecule has 0 aliphatic rings. The largest absolute Gasteiger partial charge is 0.313 e. The van der Waals surface area contributed by atoms with Crippen molar-refractivity contribution in [2.45, 2.75) is 47.7 Å². The maximum absolute atomic E-state index is 3.44. The number of rotatable bonds is 9. The summed E-state index contributed by atoms with van der Waals surface area (Å²) in [5, 5.41) is 3.44. The fraction of sp³-hybridized carbons (Fsp3) is 0.667. The quantitative estimate of drug-likeness (QED) is 0.735. The summed E-state index contributed by atoms with van der Waals surface area (Å²) >= 11 is 0. The van der Waals surface area contributed by atoms with Crippen LogP contribution in [-0.4, -0.2) is 24.5 Å². The smallest absolute Gasteiger partial charge is 0.0237 e. The first kappa shape index (κ1) is 17.2. The highest BCUT2D eigenvalue weighted by Gasteiger charge is 2.12. The van der Waals surface area contributed by atoms with Crippen molar-refractivity contribution in [3.05, 3.63) is 35.4 Å². The fourth-order valence-corrected chi connectivity index (χ4v) is 2.62. The topological polar surface area (TPSA) is 15.3 Å². The zero-order valence-corrected chi connectivity index (χ0v) is 13.9. The van der Waals surface area contributed by atoms with E-state index in [1.165, 1.54) is 24.2 Å². The number of hydrogen-bond acceptors (Lipinski definition) is 2. The molecule has 20 heavy (non-hydrogen) atoms. The predicted molar refractivity (Wildman–Crippen MR) is 88.8 cm³/mol. The van der Waals surface area contributed by atoms with E-state index in [4.69, 9.17) is 0 Å². The monoisotopic (exact) mass is 276 g/mol. The molecule has 0 unspecified atom stereocenters. The van der Waals surface area contributed by atoms with Gasteiger partial charge in [0.2, 0.25) is 0 Å². The lowest BCUT2D eigenvalue weighted by molar-refractivity contribution is 0.211. The van der Waals surface area contributed by atoms with Crippen molar-refractivity contribution < 1.29 is 0 Å². The van der Waals surface area contributed by atoms with Crippen molar-refractivity contribution in [3.63, 3.8) is 0 Å². The van der Waals surface area contributed by atoms with Gasteiger partial charge >= 0.3 is 0 Å². The third-order valence-corrected chi connectivity index (χ3v) is 3.32. The van der Waals surface area contributed by atoms with Crippen LogP contribution in [0.15, 0.2) is 24.3 Å². The highest BCUT2D eigenvalue weighted by molar-refractivity contribution is 5.27. The molecule has 0 spiro atoms. The molecule has 0 saturated heterocycles. The number of nitrogens with one attached hydrogen (secondary N) is 1. The van der Waals surface area contributed by atoms with Crippen molar-refractivity contribution >= 4 is 0 Å². The summed E-state index contributed by atoms with van der Waals surface area (Å²) < 4.78 is 0. The number of nitrogens with zero attached hydrogens (tertiary/aromatic N) is 1. The molecule has 2 nitrogen and oxygen atoms in total. The Morgan fingerprint density at radius 2 is 1.50 bits per heavy atom. The van der Waals surface area contributed by atoms with Gasteiger partial charge < -0.3 is 5.32 Å². The molecular weight excluding hydrogens is 244 g/mol. The molecule has 0 amide bonds. The van der Waals surface area contributed by atoms with Crippen LogP contribution < -0.4 is 5.32 Å². The van der Waals surface area contributed by atoms with Crippen LogP contribution in [0, 0.1) is 11.8 Å². The Balaban J connectivity index is 2.75. The van der Waals surface area contributed by atoms with Crippen molar-refractivity contribution in [1.29, 1.82) is 0 Å². The molecule has 1 N–H and O–H groups in total. The van der Waals surface area contributed by atoms with Crippen LogP contribution in [0.3, 0.4) is 0 Å². The standard InChI is InChI=1S/C18H32N2/c1-6-19-11-17-9-7-8-10-18(17)14-20(12-15(2)3)13-16(4)5/h7-10,15-16,19H,6,11-14H2,1-5H3. The second-order valence-electron chi connectivity index (χ2n) is 6.53. The van der Waals surface area contributed by atoms with Gasteiger partial charge in [0, 0.05) is 26.2 Å². The Kier molecular flexibility index (Phi) is 7.86. The highest BCUT2D eigenvalue weighted by atomic mass is 15.1. The van der Waals surface area contributed by atoms with Crippen LogP contribution in [0.1, 0.15) is 45.7 Å². The maximum atomic E-state index is 3.44. The van der Waals surface area contributed by atoms with Gasteiger partial charge in [-0.3, -0.25) is 4.90 Å². The molecule has 114 valence electrons. The molecule has 0 radical (unpaired) electrons. The molecule has 0 heterocycles. The Morgan fingerprint density at radius 3 is 2.00 bits per heavy atom. The maximum Gasteiger partial charge on any atom is 0.0237 e. The summed E-state index contributed by atoms with van der Waals surface area (Å²) in [4.78, 5) is 2.60. The Morgan fingerprint density at radius 1 is 0.950 bits per heavy atom. The Bertz CT molecular complexity index is 361. The molecule has 1 aromatic rings. The minimum Gasteiger partial charge on any atom is -0.313 e. The average molecular weight is 276 g/mol. The number of hydrogen-bond donors (Lipinski definition) is 1. The van der Waals surface area contributed by atoms with Crippen molar-refractivity contribution in [2.24, 2.45) is 11.8 Å². The van der Waals surface area contributed by atoms with E-state index in [9.17, 15) is 0 Å². The summed E-state index contributed by atoms with van der Waals surface area (Å²) in [6, 6.07) is 8.83. The predicted octanol–water partition coefficient (Wildman–Crippen LogP) is 3.91. The minimum absolute atomic E-state index is 0.717. The molecule has 0 bridgehead atoms. The first-order valence-electron chi connectivity index (χ1n) is 8.02. The average Bonchev–Trinajstić information content (AvgIpc) is 2.36. The molecule has 1 rings (SSSR count). The molecule has 0 atom stereocenters. The summed E-state index contributed by atoms with van der Waals surface area (Å²) in [5.74, 6) is 1.43. The minimum atomic E-state index is 0.717. The zero-order valence-electron chi connectivity index (χ0n) is 13.9. The second-order valence-corrected chi connectivity index (χ2v) is 6.53. The highest BCUT2D eigenvalue weighted by Crippen LogP contribution is 2.14. The van der Waals surface area contributed by atoms with Gasteiger partial charge in [0.25, 0.3) is 0 Å². The molecule has 1 aromatic carbocycles. The summed E-state index contributed by atoms with van der Waals surface area (Å²) in [6.45, 7) is 16.8. The zero-order chi connectivity index (χ0) is 15.0. The summed E-state index contributed by atoms with van der Waals surface area (Å²) in [5.41, 5.74) is 2.90. The van der Waals surface area contributed by atoms with E-state index in [0.717, 1.165) is 31.5 Å². The third kappa shape index (κ3) is 6.53. The lowest BCUT2D eigenvalue weighted by Gasteiger charge is -2.27. The summed E-state index contributed by atoms with van der Waals surface area (Å²) in [7, 11) is 0. The van der Waals surface area contributed by atoms with Crippen molar-refractivity contribution in [1.82, 2.24) is 10.2 Å². The molecule has 0 fully saturated rings. The molecule has 0 saturated carbocycles. The van der Waals surface area contributed by atoms with E-state index in [1.54, 1.807) is 0 Å². The van der Waals surface area contributed by atoms with E-state index in [-0.39, 0.29) is 0 Å². The molecule has 0 aromatic heterocycles. The van der Waals surface area contributed by atoms with Crippen LogP contribution in [0.5, 0.6) is 0 Å². The van der Waals surface area contributed by atoms with Crippen molar-refractivity contribution in [2.75, 3.05) is 19.6 Å². The van der Waals surface area contributed by atoms with E-state index < -0.39 is 0 Å². The van der Waals surface area contributed by atoms with Crippen LogP contribution >= 0.6 is 0 Å². The SMILES string of the molecule is CCNCc1ccccc1CN(CC(C)C)CC(C)C. The second kappa shape index (κ2) is 9.15. The fourth-order valence-electron chi connectivity index (χ4n) is 2.62. The first-order chi connectivity index (χ1) is 9.52. The van der Waals surface area contributed by atoms with Gasteiger partial charge in [0.15, 0.2) is 0 Å². The van der Waals surface area contributed by atoms with Gasteiger partial charge in [-0.15, -0.1) is 0 Å². The van der Waals surface area contributed by atoms with Gasteiger partial charge in [0.1, 0.15) is 0 Å². The van der Waals surface area contributed by atoms with Crippen LogP contribution in [0.25, 0.3) is 0 Å². The third-order valence-electron chi connectivity index (χ3n) is 3.32. The van der Waals surface area contributed by atoms with Gasteiger partial charge in [-0.1, -0.05) is 58.9 Å². The van der Waals surface area contributed by atoms with Gasteiger partial charge in [-0.05, 0) is 29.5 Å².